The molecule has 1 aliphatic rings. The molecule has 1 amide bonds. The minimum atomic E-state index is -1.02. The molecule has 5 nitrogen and oxygen atoms in total. The number of anilines is 1. The fraction of sp³-hybridized carbons (Fsp3) is 0.409. The lowest BCUT2D eigenvalue weighted by Crippen LogP contribution is -2.48. The van der Waals surface area contributed by atoms with Gasteiger partial charge in [-0.15, -0.1) is 0 Å². The zero-order valence-electron chi connectivity index (χ0n) is 16.2. The third kappa shape index (κ3) is 4.87. The highest BCUT2D eigenvalue weighted by Gasteiger charge is 2.28. The Balaban J connectivity index is 1.87. The van der Waals surface area contributed by atoms with Crippen LogP contribution >= 0.6 is 0 Å². The first kappa shape index (κ1) is 19.4. The molecule has 3 rings (SSSR count). The summed E-state index contributed by atoms with van der Waals surface area (Å²) in [5.74, 6) is 0.895. The first-order valence-electron chi connectivity index (χ1n) is 9.50. The van der Waals surface area contributed by atoms with Gasteiger partial charge in [0.1, 0.15) is 11.5 Å². The number of aliphatic hydroxyl groups is 1. The molecule has 0 saturated carbocycles. The van der Waals surface area contributed by atoms with Crippen molar-refractivity contribution in [2.45, 2.75) is 58.5 Å². The number of fused-ring (bicyclic) bond motifs is 1. The van der Waals surface area contributed by atoms with Crippen LogP contribution in [0.3, 0.4) is 0 Å². The topological polar surface area (TPSA) is 61.8 Å². The molecule has 2 N–H and O–H groups in total. The third-order valence-corrected chi connectivity index (χ3v) is 4.63. The predicted octanol–water partition coefficient (Wildman–Crippen LogP) is 3.60. The van der Waals surface area contributed by atoms with Gasteiger partial charge in [-0.3, -0.25) is 10.1 Å². The van der Waals surface area contributed by atoms with E-state index >= 15 is 0 Å². The molecule has 0 fully saturated rings. The van der Waals surface area contributed by atoms with E-state index in [0.29, 0.717) is 25.8 Å². The van der Waals surface area contributed by atoms with Crippen molar-refractivity contribution in [1.82, 2.24) is 5.32 Å². The van der Waals surface area contributed by atoms with Crippen LogP contribution in [0.1, 0.15) is 44.7 Å². The number of hydrogen-bond acceptors (Lipinski definition) is 4. The Morgan fingerprint density at radius 2 is 1.89 bits per heavy atom. The van der Waals surface area contributed by atoms with Crippen LogP contribution < -0.4 is 15.0 Å². The zero-order chi connectivity index (χ0) is 19.4. The van der Waals surface area contributed by atoms with Crippen molar-refractivity contribution in [3.8, 4) is 5.75 Å². The van der Waals surface area contributed by atoms with Gasteiger partial charge in [0.2, 0.25) is 5.91 Å². The molecule has 2 aromatic carbocycles. The average Bonchev–Trinajstić information content (AvgIpc) is 2.63. The quantitative estimate of drug-likeness (QED) is 0.733. The van der Waals surface area contributed by atoms with E-state index in [1.807, 2.05) is 60.4 Å². The molecular formula is C22H28N2O3. The van der Waals surface area contributed by atoms with Gasteiger partial charge in [-0.1, -0.05) is 43.3 Å². The van der Waals surface area contributed by atoms with Crippen molar-refractivity contribution in [1.29, 1.82) is 0 Å². The molecule has 5 heteroatoms. The van der Waals surface area contributed by atoms with E-state index in [4.69, 9.17) is 4.74 Å². The van der Waals surface area contributed by atoms with Gasteiger partial charge in [-0.2, -0.15) is 0 Å². The van der Waals surface area contributed by atoms with Crippen LogP contribution in [-0.4, -0.2) is 23.0 Å². The predicted molar refractivity (Wildman–Crippen MR) is 107 cm³/mol. The molecule has 0 aromatic heterocycles. The SMILES string of the molecule is CCC(NC(C)(C)O)Oc1cccc2c1CCC(=O)N2Cc1ccccc1. The Labute approximate surface area is 161 Å². The highest BCUT2D eigenvalue weighted by Crippen LogP contribution is 2.36. The van der Waals surface area contributed by atoms with Crippen molar-refractivity contribution in [3.05, 3.63) is 59.7 Å². The number of rotatable bonds is 7. The highest BCUT2D eigenvalue weighted by molar-refractivity contribution is 5.96. The Morgan fingerprint density at radius 3 is 2.56 bits per heavy atom. The summed E-state index contributed by atoms with van der Waals surface area (Å²) in [6.45, 7) is 5.94. The smallest absolute Gasteiger partial charge is 0.227 e. The third-order valence-electron chi connectivity index (χ3n) is 4.63. The monoisotopic (exact) mass is 368 g/mol. The maximum Gasteiger partial charge on any atom is 0.227 e. The van der Waals surface area contributed by atoms with Gasteiger partial charge >= 0.3 is 0 Å². The van der Waals surface area contributed by atoms with Gasteiger partial charge in [0, 0.05) is 12.0 Å². The molecule has 0 spiro atoms. The van der Waals surface area contributed by atoms with Crippen molar-refractivity contribution in [2.75, 3.05) is 4.90 Å². The molecule has 144 valence electrons. The van der Waals surface area contributed by atoms with Crippen LogP contribution in [0.5, 0.6) is 5.75 Å². The van der Waals surface area contributed by atoms with Crippen LogP contribution in [-0.2, 0) is 17.8 Å². The maximum absolute atomic E-state index is 12.6. The Hall–Kier alpha value is -2.37. The number of ether oxygens (including phenoxy) is 1. The molecule has 1 heterocycles. The minimum Gasteiger partial charge on any atom is -0.475 e. The summed E-state index contributed by atoms with van der Waals surface area (Å²) < 4.78 is 6.16. The van der Waals surface area contributed by atoms with Gasteiger partial charge < -0.3 is 14.7 Å². The van der Waals surface area contributed by atoms with E-state index in [9.17, 15) is 9.90 Å². The van der Waals surface area contributed by atoms with Gasteiger partial charge in [-0.05, 0) is 44.4 Å². The number of carbonyl (C=O) groups excluding carboxylic acids is 1. The summed E-state index contributed by atoms with van der Waals surface area (Å²) in [6, 6.07) is 15.8. The van der Waals surface area contributed by atoms with Gasteiger partial charge in [0.05, 0.1) is 12.2 Å². The highest BCUT2D eigenvalue weighted by atomic mass is 16.5. The lowest BCUT2D eigenvalue weighted by atomic mass is 9.99. The molecule has 0 aliphatic carbocycles. The van der Waals surface area contributed by atoms with Crippen molar-refractivity contribution in [2.24, 2.45) is 0 Å². The second-order valence-electron chi connectivity index (χ2n) is 7.44. The molecule has 0 bridgehead atoms. The Morgan fingerprint density at radius 1 is 1.15 bits per heavy atom. The first-order valence-corrected chi connectivity index (χ1v) is 9.50. The number of benzene rings is 2. The fourth-order valence-electron chi connectivity index (χ4n) is 3.37. The first-order chi connectivity index (χ1) is 12.9. The summed E-state index contributed by atoms with van der Waals surface area (Å²) in [7, 11) is 0. The molecule has 1 unspecified atom stereocenters. The van der Waals surface area contributed by atoms with Gasteiger partial charge in [0.25, 0.3) is 0 Å². The zero-order valence-corrected chi connectivity index (χ0v) is 16.2. The number of nitrogens with one attached hydrogen (secondary N) is 1. The standard InChI is InChI=1S/C22H28N2O3/c1-4-20(23-22(2,3)26)27-19-12-8-11-18-17(19)13-14-21(25)24(18)15-16-9-6-5-7-10-16/h5-12,20,23,26H,4,13-15H2,1-3H3. The van der Waals surface area contributed by atoms with Crippen LogP contribution in [0.4, 0.5) is 5.69 Å². The molecule has 0 radical (unpaired) electrons. The van der Waals surface area contributed by atoms with Crippen LogP contribution in [0.25, 0.3) is 0 Å². The summed E-state index contributed by atoms with van der Waals surface area (Å²) in [4.78, 5) is 14.4. The summed E-state index contributed by atoms with van der Waals surface area (Å²) in [5.41, 5.74) is 2.03. The van der Waals surface area contributed by atoms with Crippen molar-refractivity contribution in [3.63, 3.8) is 0 Å². The minimum absolute atomic E-state index is 0.130. The summed E-state index contributed by atoms with van der Waals surface area (Å²) >= 11 is 0. The largest absolute Gasteiger partial charge is 0.475 e. The second kappa shape index (κ2) is 8.11. The van der Waals surface area contributed by atoms with E-state index in [-0.39, 0.29) is 12.1 Å². The summed E-state index contributed by atoms with van der Waals surface area (Å²) in [5, 5.41) is 13.1. The maximum atomic E-state index is 12.6. The van der Waals surface area contributed by atoms with E-state index in [2.05, 4.69) is 5.32 Å². The molecular weight excluding hydrogens is 340 g/mol. The molecule has 2 aromatic rings. The summed E-state index contributed by atoms with van der Waals surface area (Å²) in [6.07, 6.45) is 1.53. The Kier molecular flexibility index (Phi) is 5.82. The normalized spacial score (nSPS) is 15.4. The van der Waals surface area contributed by atoms with Crippen molar-refractivity contribution >= 4 is 11.6 Å². The van der Waals surface area contributed by atoms with E-state index in [0.717, 1.165) is 22.6 Å². The van der Waals surface area contributed by atoms with Crippen LogP contribution in [0.2, 0.25) is 0 Å². The molecule has 1 atom stereocenters. The molecule has 27 heavy (non-hydrogen) atoms. The lowest BCUT2D eigenvalue weighted by molar-refractivity contribution is -0.119. The lowest BCUT2D eigenvalue weighted by Gasteiger charge is -2.32. The van der Waals surface area contributed by atoms with Crippen LogP contribution in [0.15, 0.2) is 48.5 Å². The second-order valence-corrected chi connectivity index (χ2v) is 7.44. The fourth-order valence-corrected chi connectivity index (χ4v) is 3.37. The number of hydrogen-bond donors (Lipinski definition) is 2. The molecule has 1 aliphatic heterocycles. The number of nitrogens with zero attached hydrogens (tertiary/aromatic N) is 1. The number of carbonyl (C=O) groups is 1. The van der Waals surface area contributed by atoms with Gasteiger partial charge in [-0.25, -0.2) is 0 Å². The van der Waals surface area contributed by atoms with Crippen LogP contribution in [0, 0.1) is 0 Å². The van der Waals surface area contributed by atoms with E-state index in [1.54, 1.807) is 13.8 Å². The van der Waals surface area contributed by atoms with E-state index < -0.39 is 5.72 Å². The molecule has 0 saturated heterocycles. The Bertz CT molecular complexity index is 784. The van der Waals surface area contributed by atoms with Crippen molar-refractivity contribution < 1.29 is 14.6 Å². The average molecular weight is 368 g/mol. The van der Waals surface area contributed by atoms with Gasteiger partial charge in [0.15, 0.2) is 6.23 Å². The van der Waals surface area contributed by atoms with E-state index in [1.165, 1.54) is 0 Å². The number of amides is 1.